The van der Waals surface area contributed by atoms with Gasteiger partial charge in [-0.05, 0) is 61.7 Å². The lowest BCUT2D eigenvalue weighted by Gasteiger charge is -2.13. The van der Waals surface area contributed by atoms with Crippen molar-refractivity contribution >= 4 is 9.84 Å². The maximum Gasteiger partial charge on any atom is 0.210 e. The van der Waals surface area contributed by atoms with Crippen LogP contribution in [0, 0.1) is 20.8 Å². The average Bonchev–Trinajstić information content (AvgIpc) is 2.25. The van der Waals surface area contributed by atoms with Gasteiger partial charge in [-0.15, -0.1) is 0 Å². The first kappa shape index (κ1) is 14.4. The monoisotopic (exact) mass is 292 g/mol. The molecule has 5 heteroatoms. The first-order valence-electron chi connectivity index (χ1n) is 6.08. The molecular weight excluding hydrogens is 276 g/mol. The molecule has 106 valence electrons. The molecule has 2 aromatic rings. The Morgan fingerprint density at radius 3 is 2.10 bits per heavy atom. The average molecular weight is 292 g/mol. The van der Waals surface area contributed by atoms with Crippen molar-refractivity contribution in [2.24, 2.45) is 0 Å². The molecule has 0 spiro atoms. The van der Waals surface area contributed by atoms with Crippen LogP contribution in [0.3, 0.4) is 0 Å². The maximum atomic E-state index is 12.7. The summed E-state index contributed by atoms with van der Waals surface area (Å²) in [6.45, 7) is 5.04. The number of aryl methyl sites for hydroxylation is 3. The predicted molar refractivity (Wildman–Crippen MR) is 75.9 cm³/mol. The van der Waals surface area contributed by atoms with E-state index in [0.29, 0.717) is 11.1 Å². The van der Waals surface area contributed by atoms with E-state index in [4.69, 9.17) is 0 Å². The Morgan fingerprint density at radius 1 is 0.900 bits per heavy atom. The van der Waals surface area contributed by atoms with Gasteiger partial charge in [0.05, 0.1) is 4.90 Å². The molecule has 0 aliphatic heterocycles. The Kier molecular flexibility index (Phi) is 3.48. The SMILES string of the molecule is Cc1cc(C)c(S(=O)(=O)c2ccc(O)cc2C)c(O)c1. The van der Waals surface area contributed by atoms with Crippen LogP contribution in [0.15, 0.2) is 40.1 Å². The molecule has 0 aromatic heterocycles. The number of rotatable bonds is 2. The van der Waals surface area contributed by atoms with Crippen LogP contribution in [-0.4, -0.2) is 18.6 Å². The number of aromatic hydroxyl groups is 2. The molecule has 0 aliphatic carbocycles. The lowest BCUT2D eigenvalue weighted by Crippen LogP contribution is -2.06. The van der Waals surface area contributed by atoms with Gasteiger partial charge < -0.3 is 10.2 Å². The second-order valence-corrected chi connectivity index (χ2v) is 6.74. The number of phenolic OH excluding ortho intramolecular Hbond substituents is 2. The van der Waals surface area contributed by atoms with Gasteiger partial charge in [0.1, 0.15) is 16.4 Å². The summed E-state index contributed by atoms with van der Waals surface area (Å²) in [5, 5.41) is 19.4. The zero-order valence-electron chi connectivity index (χ0n) is 11.5. The number of hydrogen-bond donors (Lipinski definition) is 2. The van der Waals surface area contributed by atoms with E-state index in [0.717, 1.165) is 5.56 Å². The van der Waals surface area contributed by atoms with Crippen molar-refractivity contribution in [2.75, 3.05) is 0 Å². The van der Waals surface area contributed by atoms with E-state index in [2.05, 4.69) is 0 Å². The summed E-state index contributed by atoms with van der Waals surface area (Å²) in [7, 11) is -3.83. The van der Waals surface area contributed by atoms with Gasteiger partial charge in [0, 0.05) is 0 Å². The van der Waals surface area contributed by atoms with Gasteiger partial charge in [-0.25, -0.2) is 8.42 Å². The summed E-state index contributed by atoms with van der Waals surface area (Å²) < 4.78 is 25.4. The molecular formula is C15H16O4S. The van der Waals surface area contributed by atoms with E-state index in [9.17, 15) is 18.6 Å². The molecule has 0 saturated carbocycles. The maximum absolute atomic E-state index is 12.7. The Bertz CT molecular complexity index is 753. The van der Waals surface area contributed by atoms with Crippen LogP contribution in [0.5, 0.6) is 11.5 Å². The molecule has 0 radical (unpaired) electrons. The molecule has 0 amide bonds. The summed E-state index contributed by atoms with van der Waals surface area (Å²) in [4.78, 5) is -0.00515. The minimum atomic E-state index is -3.83. The fourth-order valence-electron chi connectivity index (χ4n) is 2.33. The molecule has 0 aliphatic rings. The summed E-state index contributed by atoms with van der Waals surface area (Å²) in [5.74, 6) is -0.249. The molecule has 4 nitrogen and oxygen atoms in total. The third kappa shape index (κ3) is 2.36. The molecule has 2 aromatic carbocycles. The highest BCUT2D eigenvalue weighted by Gasteiger charge is 2.25. The topological polar surface area (TPSA) is 74.6 Å². The number of phenols is 2. The van der Waals surface area contributed by atoms with Crippen molar-refractivity contribution in [3.05, 3.63) is 47.0 Å². The number of hydrogen-bond acceptors (Lipinski definition) is 4. The molecule has 0 bridgehead atoms. The molecule has 0 saturated heterocycles. The minimum absolute atomic E-state index is 0.00583. The van der Waals surface area contributed by atoms with Crippen LogP contribution in [0.4, 0.5) is 0 Å². The summed E-state index contributed by atoms with van der Waals surface area (Å²) in [6, 6.07) is 7.19. The molecule has 0 unspecified atom stereocenters. The van der Waals surface area contributed by atoms with E-state index in [1.54, 1.807) is 26.8 Å². The van der Waals surface area contributed by atoms with Crippen LogP contribution in [0.2, 0.25) is 0 Å². The van der Waals surface area contributed by atoms with Gasteiger partial charge in [0.2, 0.25) is 9.84 Å². The quantitative estimate of drug-likeness (QED) is 0.892. The van der Waals surface area contributed by atoms with Gasteiger partial charge in [0.25, 0.3) is 0 Å². The molecule has 2 N–H and O–H groups in total. The van der Waals surface area contributed by atoms with E-state index in [-0.39, 0.29) is 21.3 Å². The lowest BCUT2D eigenvalue weighted by molar-refractivity contribution is 0.457. The van der Waals surface area contributed by atoms with Gasteiger partial charge in [0.15, 0.2) is 0 Å². The highest BCUT2D eigenvalue weighted by molar-refractivity contribution is 7.91. The van der Waals surface area contributed by atoms with E-state index in [1.807, 2.05) is 0 Å². The fourth-order valence-corrected chi connectivity index (χ4v) is 4.09. The van der Waals surface area contributed by atoms with Gasteiger partial charge in [-0.1, -0.05) is 6.07 Å². The second kappa shape index (κ2) is 4.83. The van der Waals surface area contributed by atoms with Crippen LogP contribution >= 0.6 is 0 Å². The number of benzene rings is 2. The summed E-state index contributed by atoms with van der Waals surface area (Å²) in [6.07, 6.45) is 0. The standard InChI is InChI=1S/C15H16O4S/c1-9-6-11(3)15(13(17)7-9)20(18,19)14-5-4-12(16)8-10(14)2/h4-8,16-17H,1-3H3. The Balaban J connectivity index is 2.74. The van der Waals surface area contributed by atoms with E-state index in [1.165, 1.54) is 24.3 Å². The lowest BCUT2D eigenvalue weighted by atomic mass is 10.1. The van der Waals surface area contributed by atoms with Crippen molar-refractivity contribution in [3.63, 3.8) is 0 Å². The first-order valence-corrected chi connectivity index (χ1v) is 7.56. The highest BCUT2D eigenvalue weighted by atomic mass is 32.2. The molecule has 20 heavy (non-hydrogen) atoms. The minimum Gasteiger partial charge on any atom is -0.508 e. The Morgan fingerprint density at radius 2 is 1.55 bits per heavy atom. The van der Waals surface area contributed by atoms with Gasteiger partial charge in [-0.2, -0.15) is 0 Å². The van der Waals surface area contributed by atoms with Crippen molar-refractivity contribution in [1.29, 1.82) is 0 Å². The highest BCUT2D eigenvalue weighted by Crippen LogP contribution is 2.34. The predicted octanol–water partition coefficient (Wildman–Crippen LogP) is 2.86. The van der Waals surface area contributed by atoms with Crippen molar-refractivity contribution in [2.45, 2.75) is 30.6 Å². The van der Waals surface area contributed by atoms with Crippen LogP contribution in [0.1, 0.15) is 16.7 Å². The van der Waals surface area contributed by atoms with Crippen LogP contribution < -0.4 is 0 Å². The van der Waals surface area contributed by atoms with Crippen molar-refractivity contribution < 1.29 is 18.6 Å². The summed E-state index contributed by atoms with van der Waals surface area (Å²) in [5.41, 5.74) is 1.72. The first-order chi connectivity index (χ1) is 9.23. The summed E-state index contributed by atoms with van der Waals surface area (Å²) >= 11 is 0. The van der Waals surface area contributed by atoms with Crippen molar-refractivity contribution in [1.82, 2.24) is 0 Å². The van der Waals surface area contributed by atoms with Crippen LogP contribution in [-0.2, 0) is 9.84 Å². The molecule has 0 fully saturated rings. The molecule has 0 atom stereocenters. The van der Waals surface area contributed by atoms with Gasteiger partial charge >= 0.3 is 0 Å². The number of sulfone groups is 1. The molecule has 2 rings (SSSR count). The second-order valence-electron chi connectivity index (χ2n) is 4.88. The van der Waals surface area contributed by atoms with E-state index < -0.39 is 9.84 Å². The largest absolute Gasteiger partial charge is 0.508 e. The van der Waals surface area contributed by atoms with Crippen LogP contribution in [0.25, 0.3) is 0 Å². The fraction of sp³-hybridized carbons (Fsp3) is 0.200. The zero-order valence-corrected chi connectivity index (χ0v) is 12.3. The third-order valence-electron chi connectivity index (χ3n) is 3.12. The van der Waals surface area contributed by atoms with Crippen molar-refractivity contribution in [3.8, 4) is 11.5 Å². The Labute approximate surface area is 118 Å². The smallest absolute Gasteiger partial charge is 0.210 e. The molecule has 0 heterocycles. The third-order valence-corrected chi connectivity index (χ3v) is 5.22. The van der Waals surface area contributed by atoms with E-state index >= 15 is 0 Å². The zero-order chi connectivity index (χ0) is 15.1. The van der Waals surface area contributed by atoms with Gasteiger partial charge in [-0.3, -0.25) is 0 Å². The normalized spacial score (nSPS) is 11.6. The Hall–Kier alpha value is -2.01.